The van der Waals surface area contributed by atoms with Crippen LogP contribution in [0.4, 0.5) is 11.4 Å². The van der Waals surface area contributed by atoms with Gasteiger partial charge in [-0.25, -0.2) is 0 Å². The molecule has 2 saturated heterocycles. The van der Waals surface area contributed by atoms with E-state index < -0.39 is 0 Å². The number of carbonyl (C=O) groups is 1. The first-order valence-corrected chi connectivity index (χ1v) is 12.8. The summed E-state index contributed by atoms with van der Waals surface area (Å²) in [6.07, 6.45) is 9.98. The maximum Gasteiger partial charge on any atom is 0.146 e. The zero-order valence-electron chi connectivity index (χ0n) is 20.6. The third-order valence-corrected chi connectivity index (χ3v) is 8.02. The van der Waals surface area contributed by atoms with Crippen LogP contribution >= 0.6 is 12.4 Å². The van der Waals surface area contributed by atoms with Crippen molar-refractivity contribution < 1.29 is 4.79 Å². The maximum atomic E-state index is 11.9. The van der Waals surface area contributed by atoms with Gasteiger partial charge < -0.3 is 9.80 Å². The molecule has 0 aromatic heterocycles. The van der Waals surface area contributed by atoms with Crippen molar-refractivity contribution in [1.29, 1.82) is 0 Å². The number of hydrogen-bond donors (Lipinski definition) is 0. The SMILES string of the molecule is CCC(=O)CN1CCN(c2ccc(N3CCCCC3)cc2C2CCC(C)(C)CC2)CC1.Cl. The van der Waals surface area contributed by atoms with Crippen molar-refractivity contribution in [1.82, 2.24) is 4.90 Å². The quantitative estimate of drug-likeness (QED) is 0.528. The molecule has 3 aliphatic rings. The molecule has 1 saturated carbocycles. The van der Waals surface area contributed by atoms with Gasteiger partial charge in [-0.05, 0) is 80.0 Å². The van der Waals surface area contributed by atoms with Crippen LogP contribution in [0.1, 0.15) is 83.6 Å². The Morgan fingerprint density at radius 3 is 2.22 bits per heavy atom. The number of carbonyl (C=O) groups excluding carboxylic acids is 1. The number of anilines is 2. The fourth-order valence-corrected chi connectivity index (χ4v) is 5.72. The minimum Gasteiger partial charge on any atom is -0.372 e. The number of hydrogen-bond acceptors (Lipinski definition) is 4. The second kappa shape index (κ2) is 11.2. The van der Waals surface area contributed by atoms with Gasteiger partial charge in [0, 0.05) is 57.1 Å². The van der Waals surface area contributed by atoms with E-state index in [0.717, 1.165) is 26.2 Å². The summed E-state index contributed by atoms with van der Waals surface area (Å²) >= 11 is 0. The molecule has 0 spiro atoms. The van der Waals surface area contributed by atoms with Gasteiger partial charge in [-0.3, -0.25) is 9.69 Å². The summed E-state index contributed by atoms with van der Waals surface area (Å²) in [5.74, 6) is 1.05. The molecule has 32 heavy (non-hydrogen) atoms. The van der Waals surface area contributed by atoms with Crippen LogP contribution in [0.5, 0.6) is 0 Å². The van der Waals surface area contributed by atoms with Crippen LogP contribution in [0.3, 0.4) is 0 Å². The molecule has 0 unspecified atom stereocenters. The number of Topliss-reactive ketones (excluding diaryl/α,β-unsaturated/α-hetero) is 1. The summed E-state index contributed by atoms with van der Waals surface area (Å²) in [5.41, 5.74) is 5.00. The number of piperidine rings is 1. The highest BCUT2D eigenvalue weighted by molar-refractivity contribution is 5.85. The molecular formula is C27H44ClN3O. The molecule has 3 fully saturated rings. The number of piperazine rings is 1. The number of nitrogens with zero attached hydrogens (tertiary/aromatic N) is 3. The average Bonchev–Trinajstić information content (AvgIpc) is 2.80. The number of ketones is 1. The Hall–Kier alpha value is -1.26. The summed E-state index contributed by atoms with van der Waals surface area (Å²) in [6.45, 7) is 13.9. The van der Waals surface area contributed by atoms with E-state index in [2.05, 4.69) is 46.7 Å². The third kappa shape index (κ3) is 6.20. The number of halogens is 1. The lowest BCUT2D eigenvalue weighted by Gasteiger charge is -2.40. The monoisotopic (exact) mass is 461 g/mol. The van der Waals surface area contributed by atoms with E-state index in [9.17, 15) is 4.79 Å². The molecule has 1 aromatic carbocycles. The largest absolute Gasteiger partial charge is 0.372 e. The van der Waals surface area contributed by atoms with Crippen LogP contribution in [-0.2, 0) is 4.79 Å². The molecule has 0 atom stereocenters. The van der Waals surface area contributed by atoms with Crippen LogP contribution in [0.2, 0.25) is 0 Å². The topological polar surface area (TPSA) is 26.8 Å². The van der Waals surface area contributed by atoms with E-state index >= 15 is 0 Å². The van der Waals surface area contributed by atoms with Crippen LogP contribution in [0.15, 0.2) is 18.2 Å². The smallest absolute Gasteiger partial charge is 0.146 e. The van der Waals surface area contributed by atoms with Gasteiger partial charge in [0.05, 0.1) is 6.54 Å². The normalized spacial score (nSPS) is 22.5. The van der Waals surface area contributed by atoms with E-state index in [4.69, 9.17) is 0 Å². The van der Waals surface area contributed by atoms with E-state index in [-0.39, 0.29) is 12.4 Å². The van der Waals surface area contributed by atoms with E-state index in [1.807, 2.05) is 6.92 Å². The molecule has 4 nitrogen and oxygen atoms in total. The van der Waals surface area contributed by atoms with Crippen molar-refractivity contribution in [2.24, 2.45) is 5.41 Å². The van der Waals surface area contributed by atoms with Crippen molar-refractivity contribution in [3.63, 3.8) is 0 Å². The van der Waals surface area contributed by atoms with Crippen molar-refractivity contribution in [2.75, 3.05) is 55.6 Å². The average molecular weight is 462 g/mol. The fraction of sp³-hybridized carbons (Fsp3) is 0.741. The highest BCUT2D eigenvalue weighted by Gasteiger charge is 2.31. The Morgan fingerprint density at radius 1 is 0.938 bits per heavy atom. The summed E-state index contributed by atoms with van der Waals surface area (Å²) in [6, 6.07) is 7.35. The Bertz CT molecular complexity index is 741. The Morgan fingerprint density at radius 2 is 1.59 bits per heavy atom. The van der Waals surface area contributed by atoms with Gasteiger partial charge >= 0.3 is 0 Å². The third-order valence-electron chi connectivity index (χ3n) is 8.02. The van der Waals surface area contributed by atoms with Crippen LogP contribution in [-0.4, -0.2) is 56.5 Å². The van der Waals surface area contributed by atoms with E-state index in [1.165, 1.54) is 69.4 Å². The minimum atomic E-state index is 0. The Balaban J connectivity index is 0.00000289. The zero-order chi connectivity index (χ0) is 21.8. The van der Waals surface area contributed by atoms with Crippen molar-refractivity contribution >= 4 is 29.6 Å². The highest BCUT2D eigenvalue weighted by atomic mass is 35.5. The molecule has 1 aromatic rings. The van der Waals surface area contributed by atoms with Gasteiger partial charge in [0.15, 0.2) is 0 Å². The molecule has 2 heterocycles. The van der Waals surface area contributed by atoms with Crippen molar-refractivity contribution in [2.45, 2.75) is 78.1 Å². The first kappa shape index (κ1) is 25.4. The minimum absolute atomic E-state index is 0. The second-order valence-electron chi connectivity index (χ2n) is 10.9. The van der Waals surface area contributed by atoms with Crippen LogP contribution in [0, 0.1) is 5.41 Å². The van der Waals surface area contributed by atoms with E-state index in [1.54, 1.807) is 5.56 Å². The lowest BCUT2D eigenvalue weighted by molar-refractivity contribution is -0.119. The van der Waals surface area contributed by atoms with Gasteiger partial charge in [-0.2, -0.15) is 0 Å². The fourth-order valence-electron chi connectivity index (χ4n) is 5.72. The summed E-state index contributed by atoms with van der Waals surface area (Å²) in [5, 5.41) is 0. The molecule has 0 bridgehead atoms. The molecule has 180 valence electrons. The molecular weight excluding hydrogens is 418 g/mol. The molecule has 5 heteroatoms. The molecule has 4 rings (SSSR count). The second-order valence-corrected chi connectivity index (χ2v) is 10.9. The van der Waals surface area contributed by atoms with Crippen molar-refractivity contribution in [3.8, 4) is 0 Å². The summed E-state index contributed by atoms with van der Waals surface area (Å²) < 4.78 is 0. The maximum absolute atomic E-state index is 11.9. The summed E-state index contributed by atoms with van der Waals surface area (Å²) in [4.78, 5) is 19.4. The first-order valence-electron chi connectivity index (χ1n) is 12.8. The zero-order valence-corrected chi connectivity index (χ0v) is 21.4. The summed E-state index contributed by atoms with van der Waals surface area (Å²) in [7, 11) is 0. The predicted molar refractivity (Wildman–Crippen MR) is 139 cm³/mol. The Labute approximate surface area is 202 Å². The lowest BCUT2D eigenvalue weighted by atomic mass is 9.71. The molecule has 0 radical (unpaired) electrons. The standard InChI is InChI=1S/C27H43N3O.ClH/c1-4-24(31)21-28-16-18-30(19-17-28)26-9-8-23(29-14-6-5-7-15-29)20-25(26)22-10-12-27(2,3)13-11-22;/h8-9,20,22H,4-7,10-19,21H2,1-3H3;1H. The van der Waals surface area contributed by atoms with Gasteiger partial charge in [-0.15, -0.1) is 12.4 Å². The molecule has 1 aliphatic carbocycles. The Kier molecular flexibility index (Phi) is 8.91. The van der Waals surface area contributed by atoms with Gasteiger partial charge in [-0.1, -0.05) is 20.8 Å². The van der Waals surface area contributed by atoms with Crippen LogP contribution < -0.4 is 9.80 Å². The first-order chi connectivity index (χ1) is 14.9. The number of rotatable bonds is 6. The highest BCUT2D eigenvalue weighted by Crippen LogP contribution is 2.45. The van der Waals surface area contributed by atoms with Gasteiger partial charge in [0.1, 0.15) is 5.78 Å². The lowest BCUT2D eigenvalue weighted by Crippen LogP contribution is -2.48. The van der Waals surface area contributed by atoms with Gasteiger partial charge in [0.2, 0.25) is 0 Å². The number of benzene rings is 1. The van der Waals surface area contributed by atoms with Crippen molar-refractivity contribution in [3.05, 3.63) is 23.8 Å². The molecule has 2 aliphatic heterocycles. The van der Waals surface area contributed by atoms with Crippen LogP contribution in [0.25, 0.3) is 0 Å². The van der Waals surface area contributed by atoms with E-state index in [0.29, 0.717) is 30.1 Å². The van der Waals surface area contributed by atoms with Gasteiger partial charge in [0.25, 0.3) is 0 Å². The molecule has 0 N–H and O–H groups in total. The predicted octanol–water partition coefficient (Wildman–Crippen LogP) is 5.88. The molecule has 0 amide bonds.